The number of anilines is 1. The fourth-order valence-electron chi connectivity index (χ4n) is 2.08. The van der Waals surface area contributed by atoms with Gasteiger partial charge in [-0.2, -0.15) is 8.78 Å². The van der Waals surface area contributed by atoms with E-state index in [9.17, 15) is 18.4 Å². The van der Waals surface area contributed by atoms with Crippen LogP contribution in [0.1, 0.15) is 19.2 Å². The van der Waals surface area contributed by atoms with Crippen LogP contribution in [0.2, 0.25) is 0 Å². The SMILES string of the molecule is C[C@H](Sc1nnc(CCC(N)=O)n1C)C(=O)Nc1ccc(SC(F)F)cc1. The van der Waals surface area contributed by atoms with Gasteiger partial charge in [0.05, 0.1) is 5.25 Å². The van der Waals surface area contributed by atoms with Crippen LogP contribution >= 0.6 is 23.5 Å². The third-order valence-electron chi connectivity index (χ3n) is 3.52. The van der Waals surface area contributed by atoms with Crippen molar-refractivity contribution in [3.05, 3.63) is 30.1 Å². The molecule has 1 atom stereocenters. The normalized spacial score (nSPS) is 12.2. The molecule has 7 nitrogen and oxygen atoms in total. The fourth-order valence-corrected chi connectivity index (χ4v) is 3.41. The van der Waals surface area contributed by atoms with E-state index in [-0.39, 0.29) is 12.3 Å². The van der Waals surface area contributed by atoms with Gasteiger partial charge < -0.3 is 15.6 Å². The number of aromatic nitrogens is 3. The van der Waals surface area contributed by atoms with Crippen molar-refractivity contribution in [1.29, 1.82) is 0 Å². The lowest BCUT2D eigenvalue weighted by Gasteiger charge is -2.12. The van der Waals surface area contributed by atoms with Crippen LogP contribution < -0.4 is 11.1 Å². The van der Waals surface area contributed by atoms with Gasteiger partial charge in [0.25, 0.3) is 5.76 Å². The Bertz CT molecular complexity index is 799. The van der Waals surface area contributed by atoms with Gasteiger partial charge in [-0.25, -0.2) is 0 Å². The highest BCUT2D eigenvalue weighted by Crippen LogP contribution is 2.27. The van der Waals surface area contributed by atoms with Crippen LogP contribution in [0.4, 0.5) is 14.5 Å². The molecule has 1 aromatic heterocycles. The first-order valence-corrected chi connectivity index (χ1v) is 9.71. The van der Waals surface area contributed by atoms with Gasteiger partial charge in [-0.15, -0.1) is 10.2 Å². The Hall–Kier alpha value is -2.14. The minimum Gasteiger partial charge on any atom is -0.370 e. The molecule has 0 aliphatic carbocycles. The average Bonchev–Trinajstić information content (AvgIpc) is 2.94. The maximum absolute atomic E-state index is 12.3. The summed E-state index contributed by atoms with van der Waals surface area (Å²) in [5, 5.41) is 10.8. The van der Waals surface area contributed by atoms with Crippen molar-refractivity contribution < 1.29 is 18.4 Å². The Labute approximate surface area is 163 Å². The van der Waals surface area contributed by atoms with Crippen LogP contribution in [0.3, 0.4) is 0 Å². The lowest BCUT2D eigenvalue weighted by Crippen LogP contribution is -2.22. The van der Waals surface area contributed by atoms with E-state index in [1.807, 2.05) is 0 Å². The summed E-state index contributed by atoms with van der Waals surface area (Å²) in [5.41, 5.74) is 5.65. The number of nitrogens with one attached hydrogen (secondary N) is 1. The van der Waals surface area contributed by atoms with E-state index in [2.05, 4.69) is 15.5 Å². The number of rotatable bonds is 9. The Kier molecular flexibility index (Phi) is 7.60. The molecule has 3 N–H and O–H groups in total. The molecule has 0 radical (unpaired) electrons. The van der Waals surface area contributed by atoms with E-state index in [1.165, 1.54) is 23.9 Å². The number of carbonyl (C=O) groups is 2. The molecular formula is C16H19F2N5O2S2. The molecular weight excluding hydrogens is 396 g/mol. The van der Waals surface area contributed by atoms with Gasteiger partial charge >= 0.3 is 0 Å². The van der Waals surface area contributed by atoms with Crippen LogP contribution in [-0.4, -0.2) is 37.6 Å². The number of nitrogens with two attached hydrogens (primary N) is 1. The van der Waals surface area contributed by atoms with Gasteiger partial charge in [0.2, 0.25) is 11.8 Å². The molecule has 146 valence electrons. The summed E-state index contributed by atoms with van der Waals surface area (Å²) in [6, 6.07) is 6.20. The van der Waals surface area contributed by atoms with Crippen molar-refractivity contribution in [3.63, 3.8) is 0 Å². The van der Waals surface area contributed by atoms with Crippen LogP contribution in [0.15, 0.2) is 34.3 Å². The number of benzene rings is 1. The van der Waals surface area contributed by atoms with E-state index in [0.29, 0.717) is 39.7 Å². The maximum atomic E-state index is 12.3. The van der Waals surface area contributed by atoms with Crippen molar-refractivity contribution in [1.82, 2.24) is 14.8 Å². The fraction of sp³-hybridized carbons (Fsp3) is 0.375. The average molecular weight is 415 g/mol. The highest BCUT2D eigenvalue weighted by atomic mass is 32.2. The number of nitrogens with zero attached hydrogens (tertiary/aromatic N) is 3. The molecule has 1 heterocycles. The number of primary amides is 1. The summed E-state index contributed by atoms with van der Waals surface area (Å²) in [7, 11) is 1.75. The molecule has 2 rings (SSSR count). The van der Waals surface area contributed by atoms with Crippen molar-refractivity contribution in [2.45, 2.75) is 40.8 Å². The Morgan fingerprint density at radius 1 is 1.22 bits per heavy atom. The van der Waals surface area contributed by atoms with E-state index in [4.69, 9.17) is 5.73 Å². The molecule has 2 amide bonds. The lowest BCUT2D eigenvalue weighted by atomic mass is 10.3. The van der Waals surface area contributed by atoms with Crippen molar-refractivity contribution in [3.8, 4) is 0 Å². The molecule has 0 bridgehead atoms. The largest absolute Gasteiger partial charge is 0.370 e. The van der Waals surface area contributed by atoms with Crippen LogP contribution in [0.25, 0.3) is 0 Å². The summed E-state index contributed by atoms with van der Waals surface area (Å²) in [4.78, 5) is 23.6. The minimum absolute atomic E-state index is 0.173. The zero-order chi connectivity index (χ0) is 20.0. The summed E-state index contributed by atoms with van der Waals surface area (Å²) >= 11 is 1.67. The number of hydrogen-bond acceptors (Lipinski definition) is 6. The molecule has 11 heteroatoms. The lowest BCUT2D eigenvalue weighted by molar-refractivity contribution is -0.118. The zero-order valence-corrected chi connectivity index (χ0v) is 16.3. The quantitative estimate of drug-likeness (QED) is 0.611. The third-order valence-corrected chi connectivity index (χ3v) is 5.37. The van der Waals surface area contributed by atoms with Crippen molar-refractivity contribution in [2.75, 3.05) is 5.32 Å². The molecule has 0 spiro atoms. The van der Waals surface area contributed by atoms with Gasteiger partial charge in [-0.3, -0.25) is 9.59 Å². The number of amides is 2. The molecule has 0 saturated carbocycles. The molecule has 0 saturated heterocycles. The number of halogens is 2. The second-order valence-corrected chi connectivity index (χ2v) is 7.95. The highest BCUT2D eigenvalue weighted by molar-refractivity contribution is 8.00. The standard InChI is InChI=1S/C16H19F2N5O2S2/c1-9(26-16-22-21-13(23(16)2)8-7-12(19)24)14(25)20-10-3-5-11(6-4-10)27-15(17)18/h3-6,9,15H,7-8H2,1-2H3,(H2,19,24)(H,20,25)/t9-/m0/s1. The smallest absolute Gasteiger partial charge is 0.288 e. The Morgan fingerprint density at radius 3 is 2.48 bits per heavy atom. The first-order valence-electron chi connectivity index (χ1n) is 7.95. The molecule has 0 aliphatic rings. The molecule has 0 unspecified atom stereocenters. The minimum atomic E-state index is -2.49. The van der Waals surface area contributed by atoms with Crippen molar-refractivity contribution in [2.24, 2.45) is 12.8 Å². The van der Waals surface area contributed by atoms with Crippen LogP contribution in [-0.2, 0) is 23.1 Å². The number of thioether (sulfide) groups is 2. The summed E-state index contributed by atoms with van der Waals surface area (Å²) in [6.07, 6.45) is 0.551. The van der Waals surface area contributed by atoms with E-state index >= 15 is 0 Å². The maximum Gasteiger partial charge on any atom is 0.288 e. The number of aryl methyl sites for hydroxylation is 1. The van der Waals surface area contributed by atoms with E-state index in [0.717, 1.165) is 0 Å². The molecule has 2 aromatic rings. The first kappa shape index (κ1) is 21.2. The van der Waals surface area contributed by atoms with Crippen molar-refractivity contribution >= 4 is 41.0 Å². The zero-order valence-electron chi connectivity index (χ0n) is 14.7. The summed E-state index contributed by atoms with van der Waals surface area (Å²) in [5.74, 6) is -2.55. The second-order valence-electron chi connectivity index (χ2n) is 5.58. The van der Waals surface area contributed by atoms with Crippen LogP contribution in [0.5, 0.6) is 0 Å². The molecule has 0 fully saturated rings. The monoisotopic (exact) mass is 415 g/mol. The predicted molar refractivity (Wildman–Crippen MR) is 101 cm³/mol. The first-order chi connectivity index (χ1) is 12.8. The Morgan fingerprint density at radius 2 is 1.89 bits per heavy atom. The van der Waals surface area contributed by atoms with Gasteiger partial charge in [0.1, 0.15) is 5.82 Å². The number of alkyl halides is 2. The second kappa shape index (κ2) is 9.70. The number of carbonyl (C=O) groups excluding carboxylic acids is 2. The van der Waals surface area contributed by atoms with Crippen LogP contribution in [0, 0.1) is 0 Å². The van der Waals surface area contributed by atoms with E-state index < -0.39 is 16.9 Å². The summed E-state index contributed by atoms with van der Waals surface area (Å²) in [6.45, 7) is 1.72. The third kappa shape index (κ3) is 6.51. The predicted octanol–water partition coefficient (Wildman–Crippen LogP) is 2.67. The number of hydrogen-bond donors (Lipinski definition) is 2. The highest BCUT2D eigenvalue weighted by Gasteiger charge is 2.19. The Balaban J connectivity index is 1.93. The van der Waals surface area contributed by atoms with Gasteiger partial charge in [0, 0.05) is 30.5 Å². The summed E-state index contributed by atoms with van der Waals surface area (Å²) < 4.78 is 26.4. The topological polar surface area (TPSA) is 103 Å². The molecule has 0 aliphatic heterocycles. The van der Waals surface area contributed by atoms with Gasteiger partial charge in [-0.05, 0) is 31.2 Å². The molecule has 1 aromatic carbocycles. The molecule has 27 heavy (non-hydrogen) atoms. The van der Waals surface area contributed by atoms with Gasteiger partial charge in [0.15, 0.2) is 5.16 Å². The van der Waals surface area contributed by atoms with E-state index in [1.54, 1.807) is 30.7 Å². The van der Waals surface area contributed by atoms with Gasteiger partial charge in [-0.1, -0.05) is 23.5 Å².